The SMILES string of the molecule is CCNCCNC(=O)Cc1ccc(C)nc1. The fraction of sp³-hybridized carbons (Fsp3) is 0.500. The van der Waals surface area contributed by atoms with Gasteiger partial charge in [0.25, 0.3) is 0 Å². The molecule has 4 heteroatoms. The van der Waals surface area contributed by atoms with Crippen LogP contribution in [0.5, 0.6) is 0 Å². The van der Waals surface area contributed by atoms with Gasteiger partial charge in [0.15, 0.2) is 0 Å². The molecule has 4 nitrogen and oxygen atoms in total. The number of nitrogens with zero attached hydrogens (tertiary/aromatic N) is 1. The third-order valence-corrected chi connectivity index (χ3v) is 2.21. The Labute approximate surface area is 96.5 Å². The molecule has 0 unspecified atom stereocenters. The molecule has 16 heavy (non-hydrogen) atoms. The Balaban J connectivity index is 2.26. The van der Waals surface area contributed by atoms with E-state index in [1.54, 1.807) is 6.20 Å². The predicted molar refractivity (Wildman–Crippen MR) is 64.2 cm³/mol. The maximum Gasteiger partial charge on any atom is 0.224 e. The minimum atomic E-state index is 0.0450. The number of carbonyl (C=O) groups is 1. The lowest BCUT2D eigenvalue weighted by atomic mass is 10.2. The Morgan fingerprint density at radius 2 is 2.19 bits per heavy atom. The molecular weight excluding hydrogens is 202 g/mol. The second-order valence-electron chi connectivity index (χ2n) is 3.69. The van der Waals surface area contributed by atoms with Gasteiger partial charge in [-0.2, -0.15) is 0 Å². The summed E-state index contributed by atoms with van der Waals surface area (Å²) in [5, 5.41) is 6.00. The second kappa shape index (κ2) is 6.95. The molecule has 0 aromatic carbocycles. The van der Waals surface area contributed by atoms with Crippen LogP contribution in [-0.2, 0) is 11.2 Å². The van der Waals surface area contributed by atoms with Crippen LogP contribution in [-0.4, -0.2) is 30.5 Å². The van der Waals surface area contributed by atoms with E-state index in [2.05, 4.69) is 15.6 Å². The van der Waals surface area contributed by atoms with E-state index in [1.165, 1.54) is 0 Å². The number of rotatable bonds is 6. The number of aromatic nitrogens is 1. The van der Waals surface area contributed by atoms with Gasteiger partial charge < -0.3 is 10.6 Å². The molecule has 0 atom stereocenters. The number of hydrogen-bond acceptors (Lipinski definition) is 3. The van der Waals surface area contributed by atoms with Crippen molar-refractivity contribution in [1.29, 1.82) is 0 Å². The topological polar surface area (TPSA) is 54.0 Å². The number of hydrogen-bond donors (Lipinski definition) is 2. The fourth-order valence-electron chi connectivity index (χ4n) is 1.32. The average molecular weight is 221 g/mol. The number of carbonyl (C=O) groups excluding carboxylic acids is 1. The van der Waals surface area contributed by atoms with Gasteiger partial charge >= 0.3 is 0 Å². The van der Waals surface area contributed by atoms with Gasteiger partial charge in [-0.3, -0.25) is 9.78 Å². The van der Waals surface area contributed by atoms with Gasteiger partial charge in [-0.05, 0) is 25.1 Å². The molecule has 0 bridgehead atoms. The van der Waals surface area contributed by atoms with Crippen LogP contribution in [0.2, 0.25) is 0 Å². The Bertz CT molecular complexity index is 322. The molecule has 0 spiro atoms. The number of amides is 1. The van der Waals surface area contributed by atoms with E-state index in [1.807, 2.05) is 26.0 Å². The van der Waals surface area contributed by atoms with Crippen molar-refractivity contribution >= 4 is 5.91 Å². The van der Waals surface area contributed by atoms with Crippen LogP contribution in [0, 0.1) is 6.92 Å². The van der Waals surface area contributed by atoms with Crippen molar-refractivity contribution < 1.29 is 4.79 Å². The Kier molecular flexibility index (Phi) is 5.50. The zero-order valence-electron chi connectivity index (χ0n) is 9.92. The third-order valence-electron chi connectivity index (χ3n) is 2.21. The van der Waals surface area contributed by atoms with Crippen LogP contribution in [0.3, 0.4) is 0 Å². The first-order valence-corrected chi connectivity index (χ1v) is 5.61. The normalized spacial score (nSPS) is 10.1. The number of aryl methyl sites for hydroxylation is 1. The van der Waals surface area contributed by atoms with Crippen LogP contribution in [0.4, 0.5) is 0 Å². The highest BCUT2D eigenvalue weighted by Gasteiger charge is 2.02. The summed E-state index contributed by atoms with van der Waals surface area (Å²) in [5.41, 5.74) is 1.92. The van der Waals surface area contributed by atoms with Crippen LogP contribution >= 0.6 is 0 Å². The summed E-state index contributed by atoms with van der Waals surface area (Å²) >= 11 is 0. The average Bonchev–Trinajstić information content (AvgIpc) is 2.28. The fourth-order valence-corrected chi connectivity index (χ4v) is 1.32. The van der Waals surface area contributed by atoms with Gasteiger partial charge in [0, 0.05) is 25.0 Å². The van der Waals surface area contributed by atoms with Crippen LogP contribution < -0.4 is 10.6 Å². The van der Waals surface area contributed by atoms with Crippen LogP contribution in [0.25, 0.3) is 0 Å². The lowest BCUT2D eigenvalue weighted by molar-refractivity contribution is -0.120. The van der Waals surface area contributed by atoms with Gasteiger partial charge in [0.2, 0.25) is 5.91 Å². The Hall–Kier alpha value is -1.42. The van der Waals surface area contributed by atoms with Gasteiger partial charge in [0.1, 0.15) is 0 Å². The van der Waals surface area contributed by atoms with Crippen LogP contribution in [0.15, 0.2) is 18.3 Å². The maximum atomic E-state index is 11.5. The summed E-state index contributed by atoms with van der Waals surface area (Å²) in [6.07, 6.45) is 2.15. The summed E-state index contributed by atoms with van der Waals surface area (Å²) in [6.45, 7) is 6.39. The molecule has 0 saturated carbocycles. The molecule has 0 saturated heterocycles. The van der Waals surface area contributed by atoms with E-state index in [0.29, 0.717) is 13.0 Å². The second-order valence-corrected chi connectivity index (χ2v) is 3.69. The van der Waals surface area contributed by atoms with E-state index in [9.17, 15) is 4.79 Å². The molecule has 1 aromatic rings. The van der Waals surface area contributed by atoms with Gasteiger partial charge in [-0.25, -0.2) is 0 Å². The van der Waals surface area contributed by atoms with E-state index in [4.69, 9.17) is 0 Å². The van der Waals surface area contributed by atoms with Crippen molar-refractivity contribution in [1.82, 2.24) is 15.6 Å². The molecular formula is C12H19N3O. The van der Waals surface area contributed by atoms with E-state index < -0.39 is 0 Å². The summed E-state index contributed by atoms with van der Waals surface area (Å²) in [7, 11) is 0. The molecule has 0 radical (unpaired) electrons. The molecule has 0 aliphatic heterocycles. The third kappa shape index (κ3) is 4.89. The molecule has 1 amide bonds. The monoisotopic (exact) mass is 221 g/mol. The van der Waals surface area contributed by atoms with E-state index in [-0.39, 0.29) is 5.91 Å². The molecule has 1 heterocycles. The van der Waals surface area contributed by atoms with Gasteiger partial charge in [-0.15, -0.1) is 0 Å². The number of pyridine rings is 1. The van der Waals surface area contributed by atoms with Crippen molar-refractivity contribution in [3.63, 3.8) is 0 Å². The van der Waals surface area contributed by atoms with Crippen LogP contribution in [0.1, 0.15) is 18.2 Å². The largest absolute Gasteiger partial charge is 0.355 e. The van der Waals surface area contributed by atoms with Crippen molar-refractivity contribution in [3.05, 3.63) is 29.6 Å². The first-order chi connectivity index (χ1) is 7.72. The molecule has 1 aromatic heterocycles. The van der Waals surface area contributed by atoms with Crippen molar-refractivity contribution in [3.8, 4) is 0 Å². The first kappa shape index (κ1) is 12.6. The summed E-state index contributed by atoms with van der Waals surface area (Å²) in [4.78, 5) is 15.6. The zero-order chi connectivity index (χ0) is 11.8. The molecule has 2 N–H and O–H groups in total. The highest BCUT2D eigenvalue weighted by atomic mass is 16.1. The Morgan fingerprint density at radius 1 is 1.38 bits per heavy atom. The Morgan fingerprint density at radius 3 is 2.81 bits per heavy atom. The van der Waals surface area contributed by atoms with Gasteiger partial charge in [0.05, 0.1) is 6.42 Å². The smallest absolute Gasteiger partial charge is 0.224 e. The molecule has 0 fully saturated rings. The van der Waals surface area contributed by atoms with E-state index in [0.717, 1.165) is 24.3 Å². The number of nitrogens with one attached hydrogen (secondary N) is 2. The molecule has 88 valence electrons. The molecule has 0 aliphatic rings. The summed E-state index contributed by atoms with van der Waals surface area (Å²) < 4.78 is 0. The first-order valence-electron chi connectivity index (χ1n) is 5.61. The minimum Gasteiger partial charge on any atom is -0.355 e. The minimum absolute atomic E-state index is 0.0450. The van der Waals surface area contributed by atoms with Crippen molar-refractivity contribution in [2.45, 2.75) is 20.3 Å². The zero-order valence-corrected chi connectivity index (χ0v) is 9.92. The lowest BCUT2D eigenvalue weighted by Crippen LogP contribution is -2.32. The van der Waals surface area contributed by atoms with Gasteiger partial charge in [-0.1, -0.05) is 13.0 Å². The summed E-state index contributed by atoms with van der Waals surface area (Å²) in [5.74, 6) is 0.0450. The maximum absolute atomic E-state index is 11.5. The van der Waals surface area contributed by atoms with Crippen molar-refractivity contribution in [2.24, 2.45) is 0 Å². The molecule has 0 aliphatic carbocycles. The highest BCUT2D eigenvalue weighted by Crippen LogP contribution is 1.99. The quantitative estimate of drug-likeness (QED) is 0.694. The highest BCUT2D eigenvalue weighted by molar-refractivity contribution is 5.78. The number of likely N-dealkylation sites (N-methyl/N-ethyl adjacent to an activating group) is 1. The van der Waals surface area contributed by atoms with E-state index >= 15 is 0 Å². The molecule has 1 rings (SSSR count). The predicted octanol–water partition coefficient (Wildman–Crippen LogP) is 0.658. The lowest BCUT2D eigenvalue weighted by Gasteiger charge is -2.05. The summed E-state index contributed by atoms with van der Waals surface area (Å²) in [6, 6.07) is 3.85. The van der Waals surface area contributed by atoms with Crippen molar-refractivity contribution in [2.75, 3.05) is 19.6 Å². The standard InChI is InChI=1S/C12H19N3O/c1-3-13-6-7-14-12(16)8-11-5-4-10(2)15-9-11/h4-5,9,13H,3,6-8H2,1-2H3,(H,14,16).